The molecule has 1 unspecified atom stereocenters. The molecule has 0 N–H and O–H groups in total. The molecule has 0 saturated heterocycles. The SMILES string of the molecule is Cc1ncc(-c2nc3c(c(N4CCc5ccc(OCC(=O)N(C)C)cc54)n2)CS(=O)C3)s1. The molecule has 5 rings (SSSR count). The Bertz CT molecular complexity index is 1240. The van der Waals surface area contributed by atoms with Crippen molar-refractivity contribution in [2.75, 3.05) is 32.1 Å². The predicted molar refractivity (Wildman–Crippen MR) is 125 cm³/mol. The van der Waals surface area contributed by atoms with Crippen molar-refractivity contribution in [1.82, 2.24) is 19.9 Å². The van der Waals surface area contributed by atoms with E-state index < -0.39 is 10.8 Å². The average molecular weight is 470 g/mol. The number of likely N-dealkylation sites (N-methyl/N-ethyl adjacent to an activating group) is 1. The predicted octanol–water partition coefficient (Wildman–Crippen LogP) is 2.83. The van der Waals surface area contributed by atoms with E-state index in [0.29, 0.717) is 23.1 Å². The van der Waals surface area contributed by atoms with Gasteiger partial charge in [0.1, 0.15) is 11.6 Å². The smallest absolute Gasteiger partial charge is 0.259 e. The van der Waals surface area contributed by atoms with E-state index in [2.05, 4.69) is 9.88 Å². The van der Waals surface area contributed by atoms with Crippen molar-refractivity contribution in [2.24, 2.45) is 0 Å². The van der Waals surface area contributed by atoms with Gasteiger partial charge in [-0.3, -0.25) is 9.00 Å². The zero-order chi connectivity index (χ0) is 22.4. The molecule has 3 aromatic rings. The monoisotopic (exact) mass is 469 g/mol. The minimum absolute atomic E-state index is 0.0114. The minimum Gasteiger partial charge on any atom is -0.484 e. The van der Waals surface area contributed by atoms with Gasteiger partial charge in [-0.2, -0.15) is 0 Å². The van der Waals surface area contributed by atoms with Crippen LogP contribution in [0.25, 0.3) is 10.7 Å². The number of aromatic nitrogens is 3. The van der Waals surface area contributed by atoms with Crippen LogP contribution in [0.5, 0.6) is 5.75 Å². The molecule has 0 fully saturated rings. The molecule has 0 bridgehead atoms. The number of rotatable bonds is 5. The van der Waals surface area contributed by atoms with Gasteiger partial charge < -0.3 is 14.5 Å². The third-order valence-corrected chi connectivity index (χ3v) is 7.70. The van der Waals surface area contributed by atoms with Crippen molar-refractivity contribution >= 4 is 39.5 Å². The van der Waals surface area contributed by atoms with Crippen molar-refractivity contribution in [3.63, 3.8) is 0 Å². The molecule has 2 aliphatic rings. The number of thiazole rings is 1. The fourth-order valence-corrected chi connectivity index (χ4v) is 5.87. The standard InChI is InChI=1S/C22H23N5O3S2/c1-13-23-9-19(31-13)21-24-17-12-32(29)11-16(17)22(25-21)27-7-6-14-4-5-15(8-18(14)27)30-10-20(28)26(2)3/h4-5,8-9H,6-7,10-12H2,1-3H3. The molecule has 0 spiro atoms. The molecule has 1 aromatic carbocycles. The maximum absolute atomic E-state index is 12.4. The van der Waals surface area contributed by atoms with Gasteiger partial charge in [-0.05, 0) is 25.0 Å². The molecule has 0 radical (unpaired) electrons. The molecule has 1 atom stereocenters. The number of hydrogen-bond donors (Lipinski definition) is 0. The second-order valence-corrected chi connectivity index (χ2v) is 10.7. The molecular formula is C22H23N5O3S2. The van der Waals surface area contributed by atoms with Crippen LogP contribution in [0.4, 0.5) is 11.5 Å². The summed E-state index contributed by atoms with van der Waals surface area (Å²) in [6.45, 7) is 2.71. The summed E-state index contributed by atoms with van der Waals surface area (Å²) in [4.78, 5) is 30.5. The van der Waals surface area contributed by atoms with Crippen LogP contribution in [0, 0.1) is 6.92 Å². The lowest BCUT2D eigenvalue weighted by Crippen LogP contribution is -2.27. The summed E-state index contributed by atoms with van der Waals surface area (Å²) in [5.41, 5.74) is 4.00. The summed E-state index contributed by atoms with van der Waals surface area (Å²) in [7, 11) is 2.44. The van der Waals surface area contributed by atoms with Crippen LogP contribution in [0.2, 0.25) is 0 Å². The van der Waals surface area contributed by atoms with Gasteiger partial charge in [0, 0.05) is 55.0 Å². The summed E-state index contributed by atoms with van der Waals surface area (Å²) in [6, 6.07) is 5.90. The Morgan fingerprint density at radius 3 is 2.88 bits per heavy atom. The number of benzene rings is 1. The lowest BCUT2D eigenvalue weighted by molar-refractivity contribution is -0.130. The topological polar surface area (TPSA) is 88.5 Å². The summed E-state index contributed by atoms with van der Waals surface area (Å²) >= 11 is 1.55. The number of ether oxygens (including phenoxy) is 1. The van der Waals surface area contributed by atoms with Gasteiger partial charge in [-0.1, -0.05) is 6.07 Å². The number of aryl methyl sites for hydroxylation is 1. The van der Waals surface area contributed by atoms with Crippen LogP contribution >= 0.6 is 11.3 Å². The molecule has 0 saturated carbocycles. The highest BCUT2D eigenvalue weighted by Gasteiger charge is 2.31. The quantitative estimate of drug-likeness (QED) is 0.568. The van der Waals surface area contributed by atoms with Crippen LogP contribution in [-0.4, -0.2) is 57.2 Å². The van der Waals surface area contributed by atoms with E-state index in [1.165, 1.54) is 10.5 Å². The van der Waals surface area contributed by atoms with Gasteiger partial charge in [0.05, 0.1) is 27.1 Å². The average Bonchev–Trinajstić information content (AvgIpc) is 3.48. The molecule has 4 heterocycles. The van der Waals surface area contributed by atoms with Gasteiger partial charge in [-0.15, -0.1) is 11.3 Å². The highest BCUT2D eigenvalue weighted by molar-refractivity contribution is 7.83. The largest absolute Gasteiger partial charge is 0.484 e. The van der Waals surface area contributed by atoms with Crippen molar-refractivity contribution in [2.45, 2.75) is 24.9 Å². The van der Waals surface area contributed by atoms with E-state index in [0.717, 1.165) is 45.6 Å². The number of anilines is 2. The first kappa shape index (κ1) is 21.0. The molecular weight excluding hydrogens is 446 g/mol. The van der Waals surface area contributed by atoms with E-state index in [-0.39, 0.29) is 12.5 Å². The van der Waals surface area contributed by atoms with Crippen molar-refractivity contribution < 1.29 is 13.7 Å². The Morgan fingerprint density at radius 1 is 1.28 bits per heavy atom. The van der Waals surface area contributed by atoms with Crippen LogP contribution in [0.15, 0.2) is 24.4 Å². The lowest BCUT2D eigenvalue weighted by atomic mass is 10.1. The molecule has 2 aliphatic heterocycles. The zero-order valence-corrected chi connectivity index (χ0v) is 19.8. The minimum atomic E-state index is -0.972. The zero-order valence-electron chi connectivity index (χ0n) is 18.1. The fraction of sp³-hybridized carbons (Fsp3) is 0.364. The highest BCUT2D eigenvalue weighted by Crippen LogP contribution is 2.41. The normalized spacial score (nSPS) is 16.7. The van der Waals surface area contributed by atoms with Crippen LogP contribution in [-0.2, 0) is 33.5 Å². The lowest BCUT2D eigenvalue weighted by Gasteiger charge is -2.22. The Balaban J connectivity index is 1.52. The molecule has 10 heteroatoms. The number of amides is 1. The van der Waals surface area contributed by atoms with E-state index in [9.17, 15) is 9.00 Å². The van der Waals surface area contributed by atoms with Gasteiger partial charge >= 0.3 is 0 Å². The summed E-state index contributed by atoms with van der Waals surface area (Å²) in [5, 5.41) is 0.954. The Labute approximate surface area is 192 Å². The van der Waals surface area contributed by atoms with E-state index in [1.54, 1.807) is 31.6 Å². The number of carbonyl (C=O) groups is 1. The Morgan fingerprint density at radius 2 is 2.12 bits per heavy atom. The second-order valence-electron chi connectivity index (χ2n) is 8.04. The van der Waals surface area contributed by atoms with Gasteiger partial charge in [-0.25, -0.2) is 15.0 Å². The number of carbonyl (C=O) groups excluding carboxylic acids is 1. The summed E-state index contributed by atoms with van der Waals surface area (Å²) in [6.07, 6.45) is 2.67. The van der Waals surface area contributed by atoms with E-state index in [4.69, 9.17) is 14.7 Å². The molecule has 32 heavy (non-hydrogen) atoms. The van der Waals surface area contributed by atoms with E-state index >= 15 is 0 Å². The molecule has 1 amide bonds. The maximum atomic E-state index is 12.4. The number of hydrogen-bond acceptors (Lipinski definition) is 8. The van der Waals surface area contributed by atoms with Gasteiger partial charge in [0.2, 0.25) is 0 Å². The van der Waals surface area contributed by atoms with Crippen LogP contribution in [0.3, 0.4) is 0 Å². The van der Waals surface area contributed by atoms with Crippen molar-refractivity contribution in [1.29, 1.82) is 0 Å². The van der Waals surface area contributed by atoms with Gasteiger partial charge in [0.15, 0.2) is 12.4 Å². The number of fused-ring (bicyclic) bond motifs is 2. The van der Waals surface area contributed by atoms with E-state index in [1.807, 2.05) is 25.1 Å². The van der Waals surface area contributed by atoms with Crippen molar-refractivity contribution in [3.8, 4) is 16.5 Å². The fourth-order valence-electron chi connectivity index (χ4n) is 3.89. The third kappa shape index (κ3) is 3.88. The Hall–Kier alpha value is -2.85. The third-order valence-electron chi connectivity index (χ3n) is 5.58. The number of nitrogens with zero attached hydrogens (tertiary/aromatic N) is 5. The first-order chi connectivity index (χ1) is 15.4. The highest BCUT2D eigenvalue weighted by atomic mass is 32.2. The second kappa shape index (κ2) is 8.25. The summed E-state index contributed by atoms with van der Waals surface area (Å²) < 4.78 is 18.1. The summed E-state index contributed by atoms with van der Waals surface area (Å²) in [5.74, 6) is 2.89. The first-order valence-electron chi connectivity index (χ1n) is 10.3. The van der Waals surface area contributed by atoms with Crippen LogP contribution < -0.4 is 9.64 Å². The molecule has 166 valence electrons. The molecule has 8 nitrogen and oxygen atoms in total. The van der Waals surface area contributed by atoms with Crippen LogP contribution in [0.1, 0.15) is 21.8 Å². The molecule has 0 aliphatic carbocycles. The maximum Gasteiger partial charge on any atom is 0.259 e. The molecule has 2 aromatic heterocycles. The Kier molecular flexibility index (Phi) is 5.42. The first-order valence-corrected chi connectivity index (χ1v) is 12.6. The van der Waals surface area contributed by atoms with Gasteiger partial charge in [0.25, 0.3) is 5.91 Å². The van der Waals surface area contributed by atoms with Crippen molar-refractivity contribution in [3.05, 3.63) is 46.2 Å².